The molecule has 0 radical (unpaired) electrons. The molecule has 126 valence electrons. The van der Waals surface area contributed by atoms with Gasteiger partial charge in [0.1, 0.15) is 11.5 Å². The minimum Gasteiger partial charge on any atom is -0.508 e. The van der Waals surface area contributed by atoms with Gasteiger partial charge in [0.05, 0.1) is 5.56 Å². The van der Waals surface area contributed by atoms with Gasteiger partial charge in [-0.2, -0.15) is 4.68 Å². The van der Waals surface area contributed by atoms with Gasteiger partial charge in [0.2, 0.25) is 0 Å². The number of para-hydroxylation sites is 1. The quantitative estimate of drug-likeness (QED) is 0.615. The average molecular weight is 372 g/mol. The number of carbonyl (C=O) groups excluding carboxylic acids is 1. The van der Waals surface area contributed by atoms with Crippen LogP contribution in [0.15, 0.2) is 59.4 Å². The molecule has 0 aliphatic rings. The lowest BCUT2D eigenvalue weighted by atomic mass is 10.2. The van der Waals surface area contributed by atoms with Gasteiger partial charge in [-0.25, -0.2) is 0 Å². The minimum absolute atomic E-state index is 0.0383. The minimum atomic E-state index is -0.643. The van der Waals surface area contributed by atoms with Gasteiger partial charge in [-0.3, -0.25) is 15.0 Å². The molecule has 3 N–H and O–H groups in total. The summed E-state index contributed by atoms with van der Waals surface area (Å²) in [5, 5.41) is 19.1. The second-order valence-corrected chi connectivity index (χ2v) is 6.73. The molecule has 0 atom stereocenters. The molecule has 1 aromatic heterocycles. The fourth-order valence-corrected chi connectivity index (χ4v) is 3.37. The summed E-state index contributed by atoms with van der Waals surface area (Å²) in [6, 6.07) is 13.7. The molecule has 8 heteroatoms. The highest BCUT2D eigenvalue weighted by Gasteiger charge is 2.13. The number of carbonyl (C=O) groups is 1. The monoisotopic (exact) mass is 372 g/mol. The van der Waals surface area contributed by atoms with Crippen LogP contribution in [0.4, 0.5) is 0 Å². The standard InChI is InChI=1S/C17H12N2O4S2/c20-11-7-5-10(6-8-11)14-9-15(22)19(17(24)25-14)18-16(23)12-3-1-2-4-13(12)21/h1-9,20-21H,(H,18,23). The molecule has 1 heterocycles. The van der Waals surface area contributed by atoms with Crippen LogP contribution >= 0.6 is 23.6 Å². The molecule has 25 heavy (non-hydrogen) atoms. The summed E-state index contributed by atoms with van der Waals surface area (Å²) in [6.07, 6.45) is 0. The number of nitrogens with one attached hydrogen (secondary N) is 1. The van der Waals surface area contributed by atoms with E-state index < -0.39 is 11.5 Å². The van der Waals surface area contributed by atoms with Crippen LogP contribution in [0.25, 0.3) is 10.4 Å². The van der Waals surface area contributed by atoms with E-state index in [9.17, 15) is 19.8 Å². The topological polar surface area (TPSA) is 91.6 Å². The smallest absolute Gasteiger partial charge is 0.274 e. The van der Waals surface area contributed by atoms with Crippen molar-refractivity contribution in [1.82, 2.24) is 4.68 Å². The molecule has 0 aliphatic heterocycles. The third kappa shape index (κ3) is 3.59. The number of aromatic nitrogens is 1. The summed E-state index contributed by atoms with van der Waals surface area (Å²) >= 11 is 6.35. The van der Waals surface area contributed by atoms with E-state index in [4.69, 9.17) is 12.2 Å². The van der Waals surface area contributed by atoms with Crippen LogP contribution in [0.5, 0.6) is 11.5 Å². The zero-order valence-electron chi connectivity index (χ0n) is 12.7. The van der Waals surface area contributed by atoms with Crippen molar-refractivity contribution >= 4 is 29.5 Å². The SMILES string of the molecule is O=C(Nn1c(=O)cc(-c2ccc(O)cc2)sc1=S)c1ccccc1O. The zero-order valence-corrected chi connectivity index (χ0v) is 14.3. The van der Waals surface area contributed by atoms with Gasteiger partial charge in [-0.15, -0.1) is 11.3 Å². The Morgan fingerprint density at radius 3 is 2.40 bits per heavy atom. The van der Waals surface area contributed by atoms with E-state index in [2.05, 4.69) is 5.43 Å². The first kappa shape index (κ1) is 16.9. The van der Waals surface area contributed by atoms with E-state index in [1.807, 2.05) is 0 Å². The predicted octanol–water partition coefficient (Wildman–Crippen LogP) is 3.10. The van der Waals surface area contributed by atoms with Crippen LogP contribution in [-0.4, -0.2) is 20.8 Å². The lowest BCUT2D eigenvalue weighted by Crippen LogP contribution is -2.32. The molecule has 0 saturated carbocycles. The number of aromatic hydroxyl groups is 2. The van der Waals surface area contributed by atoms with E-state index >= 15 is 0 Å². The summed E-state index contributed by atoms with van der Waals surface area (Å²) in [5.41, 5.74) is 2.66. The highest BCUT2D eigenvalue weighted by molar-refractivity contribution is 7.73. The fraction of sp³-hybridized carbons (Fsp3) is 0. The van der Waals surface area contributed by atoms with Crippen LogP contribution < -0.4 is 11.0 Å². The summed E-state index contributed by atoms with van der Waals surface area (Å²) in [6.45, 7) is 0. The van der Waals surface area contributed by atoms with E-state index in [0.717, 1.165) is 21.6 Å². The molecule has 0 fully saturated rings. The van der Waals surface area contributed by atoms with Crippen LogP contribution in [0, 0.1) is 3.95 Å². The number of hydrogen-bond donors (Lipinski definition) is 3. The average Bonchev–Trinajstić information content (AvgIpc) is 2.59. The van der Waals surface area contributed by atoms with Crippen molar-refractivity contribution < 1.29 is 15.0 Å². The number of hydrogen-bond acceptors (Lipinski definition) is 6. The Hall–Kier alpha value is -2.97. The van der Waals surface area contributed by atoms with Crippen LogP contribution in [0.3, 0.4) is 0 Å². The molecule has 0 aliphatic carbocycles. The van der Waals surface area contributed by atoms with Gasteiger partial charge < -0.3 is 10.2 Å². The first-order chi connectivity index (χ1) is 12.0. The lowest BCUT2D eigenvalue weighted by Gasteiger charge is -2.10. The Balaban J connectivity index is 1.95. The first-order valence-electron chi connectivity index (χ1n) is 7.11. The second-order valence-electron chi connectivity index (χ2n) is 5.06. The zero-order chi connectivity index (χ0) is 18.0. The molecular weight excluding hydrogens is 360 g/mol. The van der Waals surface area contributed by atoms with E-state index in [1.54, 1.807) is 24.3 Å². The van der Waals surface area contributed by atoms with Crippen molar-refractivity contribution in [2.24, 2.45) is 0 Å². The Morgan fingerprint density at radius 1 is 1.08 bits per heavy atom. The predicted molar refractivity (Wildman–Crippen MR) is 98.3 cm³/mol. The first-order valence-corrected chi connectivity index (χ1v) is 8.34. The number of phenolic OH excluding ortho intramolecular Hbond substituents is 2. The molecule has 2 aromatic carbocycles. The summed E-state index contributed by atoms with van der Waals surface area (Å²) in [7, 11) is 0. The van der Waals surface area contributed by atoms with Crippen molar-refractivity contribution in [2.45, 2.75) is 0 Å². The number of rotatable bonds is 3. The van der Waals surface area contributed by atoms with Crippen molar-refractivity contribution in [3.05, 3.63) is 74.5 Å². The van der Waals surface area contributed by atoms with Crippen molar-refractivity contribution in [1.29, 1.82) is 0 Å². The van der Waals surface area contributed by atoms with Crippen molar-refractivity contribution in [3.63, 3.8) is 0 Å². The third-order valence-electron chi connectivity index (χ3n) is 3.37. The maximum Gasteiger partial charge on any atom is 0.274 e. The van der Waals surface area contributed by atoms with Crippen molar-refractivity contribution in [3.8, 4) is 21.9 Å². The lowest BCUT2D eigenvalue weighted by molar-refractivity contribution is 0.100. The molecule has 0 saturated heterocycles. The number of amides is 1. The van der Waals surface area contributed by atoms with Gasteiger partial charge in [-0.05, 0) is 54.2 Å². The second kappa shape index (κ2) is 6.88. The Bertz CT molecular complexity index is 1020. The molecule has 0 unspecified atom stereocenters. The number of phenols is 2. The highest BCUT2D eigenvalue weighted by Crippen LogP contribution is 2.24. The molecule has 1 amide bonds. The van der Waals surface area contributed by atoms with Crippen LogP contribution in [0.1, 0.15) is 10.4 Å². The normalized spacial score (nSPS) is 10.4. The van der Waals surface area contributed by atoms with E-state index in [0.29, 0.717) is 4.88 Å². The maximum atomic E-state index is 12.3. The largest absolute Gasteiger partial charge is 0.508 e. The van der Waals surface area contributed by atoms with Gasteiger partial charge in [0, 0.05) is 10.9 Å². The van der Waals surface area contributed by atoms with Crippen LogP contribution in [0.2, 0.25) is 0 Å². The molecule has 3 rings (SSSR count). The van der Waals surface area contributed by atoms with Gasteiger partial charge in [-0.1, -0.05) is 12.1 Å². The highest BCUT2D eigenvalue weighted by atomic mass is 32.1. The Kier molecular flexibility index (Phi) is 4.64. The third-order valence-corrected chi connectivity index (χ3v) is 4.73. The van der Waals surface area contributed by atoms with Gasteiger partial charge in [0.15, 0.2) is 3.95 Å². The molecule has 6 nitrogen and oxygen atoms in total. The Morgan fingerprint density at radius 2 is 1.76 bits per heavy atom. The fourth-order valence-electron chi connectivity index (χ4n) is 2.13. The summed E-state index contributed by atoms with van der Waals surface area (Å²) in [5.74, 6) is -0.713. The molecule has 0 bridgehead atoms. The molecular formula is C17H12N2O4S2. The summed E-state index contributed by atoms with van der Waals surface area (Å²) in [4.78, 5) is 25.2. The van der Waals surface area contributed by atoms with Gasteiger partial charge in [0.25, 0.3) is 11.5 Å². The number of benzene rings is 2. The van der Waals surface area contributed by atoms with E-state index in [1.165, 1.54) is 30.3 Å². The Labute approximate surface area is 151 Å². The number of nitrogens with zero attached hydrogens (tertiary/aromatic N) is 1. The molecule has 3 aromatic rings. The van der Waals surface area contributed by atoms with Crippen LogP contribution in [-0.2, 0) is 0 Å². The van der Waals surface area contributed by atoms with E-state index in [-0.39, 0.29) is 21.0 Å². The van der Waals surface area contributed by atoms with Gasteiger partial charge >= 0.3 is 0 Å². The maximum absolute atomic E-state index is 12.3. The molecule has 0 spiro atoms. The summed E-state index contributed by atoms with van der Waals surface area (Å²) < 4.78 is 1.11. The van der Waals surface area contributed by atoms with Crippen molar-refractivity contribution in [2.75, 3.05) is 5.43 Å².